The number of nitrogens with zero attached hydrogens (tertiary/aromatic N) is 3. The van der Waals surface area contributed by atoms with Crippen molar-refractivity contribution in [2.75, 3.05) is 0 Å². The molecule has 0 radical (unpaired) electrons. The zero-order chi connectivity index (χ0) is 14.9. The molecule has 1 aromatic heterocycles. The van der Waals surface area contributed by atoms with Crippen molar-refractivity contribution in [3.05, 3.63) is 63.6 Å². The van der Waals surface area contributed by atoms with Crippen LogP contribution in [0.3, 0.4) is 0 Å². The van der Waals surface area contributed by atoms with Crippen LogP contribution in [0.2, 0.25) is 0 Å². The zero-order valence-corrected chi connectivity index (χ0v) is 10.7. The lowest BCUT2D eigenvalue weighted by Crippen LogP contribution is -2.49. The fourth-order valence-electron chi connectivity index (χ4n) is 2.07. The number of nitrogens with two attached hydrogens (primary N) is 2. The van der Waals surface area contributed by atoms with Gasteiger partial charge in [-0.25, -0.2) is 4.39 Å². The molecular formula is C12H14FN5O2. The second-order valence-corrected chi connectivity index (χ2v) is 4.37. The van der Waals surface area contributed by atoms with Gasteiger partial charge in [0.05, 0.1) is 22.9 Å². The van der Waals surface area contributed by atoms with E-state index in [1.54, 1.807) is 6.92 Å². The lowest BCUT2D eigenvalue weighted by atomic mass is 10.1. The first kappa shape index (κ1) is 13.9. The summed E-state index contributed by atoms with van der Waals surface area (Å²) < 4.78 is 12.9. The molecule has 0 saturated heterocycles. The summed E-state index contributed by atoms with van der Waals surface area (Å²) in [6.07, 6.45) is 2.78. The van der Waals surface area contributed by atoms with Crippen LogP contribution in [0.25, 0.3) is 0 Å². The largest absolute Gasteiger partial charge is 0.385 e. The van der Waals surface area contributed by atoms with Crippen LogP contribution in [-0.2, 0) is 0 Å². The molecule has 0 spiro atoms. The summed E-state index contributed by atoms with van der Waals surface area (Å²) in [6.45, 7) is 1.74. The van der Waals surface area contributed by atoms with Crippen LogP contribution in [0.5, 0.6) is 0 Å². The third-order valence-electron chi connectivity index (χ3n) is 3.13. The highest BCUT2D eigenvalue weighted by Gasteiger charge is 2.34. The minimum Gasteiger partial charge on any atom is -0.385 e. The van der Waals surface area contributed by atoms with Gasteiger partial charge in [-0.15, -0.1) is 0 Å². The summed E-state index contributed by atoms with van der Waals surface area (Å²) in [7, 11) is 0. The molecule has 20 heavy (non-hydrogen) atoms. The van der Waals surface area contributed by atoms with E-state index in [1.807, 2.05) is 0 Å². The highest BCUT2D eigenvalue weighted by atomic mass is 19.1. The SMILES string of the molecule is CC(c1ccc(F)cn1)N1C(N)=CC=C([N+](=O)[O-])C1N. The number of nitro groups is 1. The monoisotopic (exact) mass is 279 g/mol. The van der Waals surface area contributed by atoms with Gasteiger partial charge in [0.25, 0.3) is 5.70 Å². The smallest absolute Gasteiger partial charge is 0.283 e. The molecule has 2 unspecified atom stereocenters. The summed E-state index contributed by atoms with van der Waals surface area (Å²) in [4.78, 5) is 15.8. The number of hydrogen-bond acceptors (Lipinski definition) is 6. The molecule has 0 fully saturated rings. The molecular weight excluding hydrogens is 265 g/mol. The van der Waals surface area contributed by atoms with Crippen LogP contribution in [0.4, 0.5) is 4.39 Å². The highest BCUT2D eigenvalue weighted by Crippen LogP contribution is 2.27. The maximum Gasteiger partial charge on any atom is 0.283 e. The summed E-state index contributed by atoms with van der Waals surface area (Å²) in [5.41, 5.74) is 12.1. The second-order valence-electron chi connectivity index (χ2n) is 4.37. The van der Waals surface area contributed by atoms with Gasteiger partial charge in [-0.3, -0.25) is 15.1 Å². The van der Waals surface area contributed by atoms with E-state index in [9.17, 15) is 14.5 Å². The maximum atomic E-state index is 12.9. The molecule has 0 aromatic carbocycles. The van der Waals surface area contributed by atoms with Crippen molar-refractivity contribution in [3.8, 4) is 0 Å². The van der Waals surface area contributed by atoms with E-state index in [-0.39, 0.29) is 5.70 Å². The number of rotatable bonds is 3. The van der Waals surface area contributed by atoms with E-state index in [0.717, 1.165) is 6.20 Å². The molecule has 0 saturated carbocycles. The normalized spacial score (nSPS) is 20.1. The third-order valence-corrected chi connectivity index (χ3v) is 3.13. The van der Waals surface area contributed by atoms with Crippen molar-refractivity contribution in [2.45, 2.75) is 19.1 Å². The molecule has 0 aliphatic carbocycles. The molecule has 2 rings (SSSR count). The van der Waals surface area contributed by atoms with E-state index in [4.69, 9.17) is 11.5 Å². The molecule has 0 bridgehead atoms. The van der Waals surface area contributed by atoms with Crippen LogP contribution in [0, 0.1) is 15.9 Å². The van der Waals surface area contributed by atoms with Gasteiger partial charge in [0.15, 0.2) is 6.17 Å². The van der Waals surface area contributed by atoms with Gasteiger partial charge in [0.1, 0.15) is 11.6 Å². The van der Waals surface area contributed by atoms with Crippen LogP contribution >= 0.6 is 0 Å². The van der Waals surface area contributed by atoms with Gasteiger partial charge in [0, 0.05) is 6.08 Å². The summed E-state index contributed by atoms with van der Waals surface area (Å²) in [6, 6.07) is 2.33. The van der Waals surface area contributed by atoms with Gasteiger partial charge in [-0.1, -0.05) is 0 Å². The van der Waals surface area contributed by atoms with Crippen molar-refractivity contribution < 1.29 is 9.31 Å². The molecule has 7 nitrogen and oxygen atoms in total. The Morgan fingerprint density at radius 2 is 2.20 bits per heavy atom. The standard InChI is InChI=1S/C12H14FN5O2/c1-7(9-3-2-8(13)6-16-9)17-11(14)5-4-10(12(17)15)18(19)20/h2-7,12H,14-15H2,1H3. The van der Waals surface area contributed by atoms with E-state index in [1.165, 1.54) is 29.2 Å². The van der Waals surface area contributed by atoms with Gasteiger partial charge < -0.3 is 16.4 Å². The lowest BCUT2D eigenvalue weighted by Gasteiger charge is -2.35. The fraction of sp³-hybridized carbons (Fsp3) is 0.250. The van der Waals surface area contributed by atoms with Gasteiger partial charge >= 0.3 is 0 Å². The predicted octanol–water partition coefficient (Wildman–Crippen LogP) is 0.843. The number of pyridine rings is 1. The van der Waals surface area contributed by atoms with E-state index >= 15 is 0 Å². The lowest BCUT2D eigenvalue weighted by molar-refractivity contribution is -0.433. The van der Waals surface area contributed by atoms with E-state index < -0.39 is 22.9 Å². The van der Waals surface area contributed by atoms with E-state index in [0.29, 0.717) is 11.5 Å². The average molecular weight is 279 g/mol. The van der Waals surface area contributed by atoms with Crippen LogP contribution < -0.4 is 11.5 Å². The van der Waals surface area contributed by atoms with Crippen molar-refractivity contribution in [2.24, 2.45) is 11.5 Å². The Morgan fingerprint density at radius 3 is 2.75 bits per heavy atom. The predicted molar refractivity (Wildman–Crippen MR) is 69.8 cm³/mol. The quantitative estimate of drug-likeness (QED) is 0.626. The highest BCUT2D eigenvalue weighted by molar-refractivity contribution is 5.24. The topological polar surface area (TPSA) is 111 Å². The van der Waals surface area contributed by atoms with Gasteiger partial charge in [-0.05, 0) is 25.1 Å². The van der Waals surface area contributed by atoms with Gasteiger partial charge in [-0.2, -0.15) is 0 Å². The summed E-state index contributed by atoms with van der Waals surface area (Å²) in [5, 5.41) is 10.9. The molecule has 0 amide bonds. The van der Waals surface area contributed by atoms with Gasteiger partial charge in [0.2, 0.25) is 0 Å². The molecule has 2 heterocycles. The Kier molecular flexibility index (Phi) is 3.66. The van der Waals surface area contributed by atoms with Crippen LogP contribution in [0.1, 0.15) is 18.7 Å². The summed E-state index contributed by atoms with van der Waals surface area (Å²) in [5.74, 6) is -0.167. The first-order valence-electron chi connectivity index (χ1n) is 5.89. The van der Waals surface area contributed by atoms with Crippen molar-refractivity contribution in [1.29, 1.82) is 0 Å². The van der Waals surface area contributed by atoms with Crippen LogP contribution in [0.15, 0.2) is 42.0 Å². The Hall–Kier alpha value is -2.48. The van der Waals surface area contributed by atoms with Crippen molar-refractivity contribution in [1.82, 2.24) is 9.88 Å². The Balaban J connectivity index is 2.32. The molecule has 1 aromatic rings. The first-order valence-corrected chi connectivity index (χ1v) is 5.89. The minimum absolute atomic E-state index is 0.159. The van der Waals surface area contributed by atoms with Crippen LogP contribution in [-0.4, -0.2) is 21.0 Å². The average Bonchev–Trinajstić information content (AvgIpc) is 2.38. The second kappa shape index (κ2) is 5.25. The third kappa shape index (κ3) is 2.45. The summed E-state index contributed by atoms with van der Waals surface area (Å²) >= 11 is 0. The number of allylic oxidation sites excluding steroid dienone is 2. The molecule has 106 valence electrons. The van der Waals surface area contributed by atoms with Crippen molar-refractivity contribution in [3.63, 3.8) is 0 Å². The number of halogens is 1. The maximum absolute atomic E-state index is 12.9. The number of hydrogen-bond donors (Lipinski definition) is 2. The Morgan fingerprint density at radius 1 is 1.50 bits per heavy atom. The molecule has 4 N–H and O–H groups in total. The van der Waals surface area contributed by atoms with E-state index in [2.05, 4.69) is 4.98 Å². The van der Waals surface area contributed by atoms with Crippen molar-refractivity contribution >= 4 is 0 Å². The molecule has 8 heteroatoms. The minimum atomic E-state index is -0.989. The Bertz CT molecular complexity index is 584. The molecule has 1 aliphatic rings. The number of aromatic nitrogens is 1. The molecule has 2 atom stereocenters. The first-order chi connectivity index (χ1) is 9.41. The zero-order valence-electron chi connectivity index (χ0n) is 10.7. The fourth-order valence-corrected chi connectivity index (χ4v) is 2.07. The molecule has 1 aliphatic heterocycles. The Labute approximate surface area is 114 Å².